The van der Waals surface area contributed by atoms with Crippen LogP contribution in [0, 0.1) is 0 Å². The smallest absolute Gasteiger partial charge is 0.243 e. The molecule has 0 unspecified atom stereocenters. The van der Waals surface area contributed by atoms with Crippen LogP contribution in [0.4, 0.5) is 0 Å². The first-order chi connectivity index (χ1) is 12.6. The van der Waals surface area contributed by atoms with Gasteiger partial charge < -0.3 is 0 Å². The van der Waals surface area contributed by atoms with Gasteiger partial charge in [0.05, 0.1) is 6.04 Å². The summed E-state index contributed by atoms with van der Waals surface area (Å²) in [4.78, 5) is 4.00. The zero-order valence-electron chi connectivity index (χ0n) is 14.0. The lowest BCUT2D eigenvalue weighted by Gasteiger charge is -2.30. The minimum Gasteiger partial charge on any atom is -0.243 e. The molecule has 0 fully saturated rings. The van der Waals surface area contributed by atoms with Crippen molar-refractivity contribution < 1.29 is 8.42 Å². The summed E-state index contributed by atoms with van der Waals surface area (Å²) < 4.78 is 28.7. The number of sulfonamides is 1. The number of fused-ring (bicyclic) bond motifs is 1. The summed E-state index contributed by atoms with van der Waals surface area (Å²) in [6.07, 6.45) is 5.60. The first-order valence-corrected chi connectivity index (χ1v) is 9.89. The van der Waals surface area contributed by atoms with Gasteiger partial charge in [0.2, 0.25) is 0 Å². The van der Waals surface area contributed by atoms with Gasteiger partial charge in [0.25, 0.3) is 10.0 Å². The number of hydrogen-bond acceptors (Lipinski definition) is 3. The summed E-state index contributed by atoms with van der Waals surface area (Å²) in [5.41, 5.74) is 3.05. The highest BCUT2D eigenvalue weighted by molar-refractivity contribution is 7.89. The second-order valence-corrected chi connectivity index (χ2v) is 7.85. The van der Waals surface area contributed by atoms with Gasteiger partial charge in [0, 0.05) is 12.1 Å². The number of nitrogens with zero attached hydrogens (tertiary/aromatic N) is 1. The molecule has 1 N–H and O–H groups in total. The minimum atomic E-state index is -3.74. The highest BCUT2D eigenvalue weighted by Crippen LogP contribution is 2.39. The van der Waals surface area contributed by atoms with Crippen molar-refractivity contribution in [3.8, 4) is 0 Å². The Bertz CT molecular complexity index is 1030. The fourth-order valence-electron chi connectivity index (χ4n) is 3.31. The van der Waals surface area contributed by atoms with E-state index in [0.29, 0.717) is 0 Å². The number of rotatable bonds is 4. The third-order valence-corrected chi connectivity index (χ3v) is 5.91. The van der Waals surface area contributed by atoms with E-state index in [9.17, 15) is 8.42 Å². The van der Waals surface area contributed by atoms with Gasteiger partial charge in [-0.2, -0.15) is 0 Å². The molecule has 4 rings (SSSR count). The quantitative estimate of drug-likeness (QED) is 0.765. The second-order valence-electron chi connectivity index (χ2n) is 6.19. The zero-order chi connectivity index (χ0) is 18.0. The average Bonchev–Trinajstić information content (AvgIpc) is 2.69. The molecule has 0 saturated carbocycles. The van der Waals surface area contributed by atoms with E-state index in [0.717, 1.165) is 16.7 Å². The van der Waals surface area contributed by atoms with E-state index in [1.54, 1.807) is 12.1 Å². The summed E-state index contributed by atoms with van der Waals surface area (Å²) in [6.45, 7) is 0. The van der Waals surface area contributed by atoms with Crippen molar-refractivity contribution in [1.29, 1.82) is 0 Å². The maximum absolute atomic E-state index is 12.9. The fourth-order valence-corrected chi connectivity index (χ4v) is 4.49. The zero-order valence-corrected chi connectivity index (χ0v) is 14.8. The molecular weight excluding hydrogens is 344 g/mol. The summed E-state index contributed by atoms with van der Waals surface area (Å²) in [5.74, 6) is -0.0930. The Hall–Kier alpha value is -2.76. The normalized spacial score (nSPS) is 19.1. The number of hydrogen-bond donors (Lipinski definition) is 1. The van der Waals surface area contributed by atoms with Crippen LogP contribution >= 0.6 is 0 Å². The van der Waals surface area contributed by atoms with Gasteiger partial charge in [-0.05, 0) is 28.8 Å². The monoisotopic (exact) mass is 362 g/mol. The number of pyridine rings is 1. The lowest BCUT2D eigenvalue weighted by molar-refractivity contribution is 0.530. The molecule has 130 valence electrons. The Labute approximate surface area is 153 Å². The first-order valence-electron chi connectivity index (χ1n) is 8.40. The van der Waals surface area contributed by atoms with Crippen LogP contribution < -0.4 is 4.72 Å². The van der Waals surface area contributed by atoms with Crippen LogP contribution in [0.3, 0.4) is 0 Å². The Kier molecular flexibility index (Phi) is 4.41. The molecule has 1 aromatic heterocycles. The third kappa shape index (κ3) is 3.19. The molecule has 1 aliphatic rings. The molecule has 0 amide bonds. The molecule has 1 aliphatic carbocycles. The van der Waals surface area contributed by atoms with Gasteiger partial charge in [-0.3, -0.25) is 0 Å². The van der Waals surface area contributed by atoms with Crippen LogP contribution in [0.1, 0.15) is 28.7 Å². The van der Waals surface area contributed by atoms with E-state index < -0.39 is 16.1 Å². The van der Waals surface area contributed by atoms with Gasteiger partial charge in [0.15, 0.2) is 5.03 Å². The van der Waals surface area contributed by atoms with Gasteiger partial charge in [-0.25, -0.2) is 18.1 Å². The van der Waals surface area contributed by atoms with Gasteiger partial charge in [0.1, 0.15) is 0 Å². The van der Waals surface area contributed by atoms with Crippen LogP contribution in [0.2, 0.25) is 0 Å². The Morgan fingerprint density at radius 3 is 2.35 bits per heavy atom. The summed E-state index contributed by atoms with van der Waals surface area (Å²) in [7, 11) is -3.74. The Morgan fingerprint density at radius 1 is 0.846 bits per heavy atom. The molecule has 0 spiro atoms. The third-order valence-electron chi connectivity index (χ3n) is 4.55. The summed E-state index contributed by atoms with van der Waals surface area (Å²) in [5, 5.41) is 0.0267. The summed E-state index contributed by atoms with van der Waals surface area (Å²) in [6, 6.07) is 22.3. The molecular formula is C21H18N2O2S. The van der Waals surface area contributed by atoms with Gasteiger partial charge in [-0.15, -0.1) is 0 Å². The molecule has 1 heterocycles. The average molecular weight is 362 g/mol. The predicted molar refractivity (Wildman–Crippen MR) is 102 cm³/mol. The molecule has 2 aromatic carbocycles. The molecule has 4 nitrogen and oxygen atoms in total. The van der Waals surface area contributed by atoms with E-state index in [1.165, 1.54) is 12.3 Å². The largest absolute Gasteiger partial charge is 0.258 e. The maximum atomic E-state index is 12.9. The lowest BCUT2D eigenvalue weighted by atomic mass is 9.81. The van der Waals surface area contributed by atoms with Crippen LogP contribution in [0.5, 0.6) is 0 Å². The van der Waals surface area contributed by atoms with Crippen molar-refractivity contribution in [2.24, 2.45) is 0 Å². The van der Waals surface area contributed by atoms with Crippen molar-refractivity contribution in [2.75, 3.05) is 0 Å². The molecule has 0 aliphatic heterocycles. The Balaban J connectivity index is 1.78. The van der Waals surface area contributed by atoms with Crippen molar-refractivity contribution in [2.45, 2.75) is 17.0 Å². The number of aromatic nitrogens is 1. The van der Waals surface area contributed by atoms with Crippen LogP contribution in [0.25, 0.3) is 6.08 Å². The molecule has 0 bridgehead atoms. The maximum Gasteiger partial charge on any atom is 0.258 e. The molecule has 26 heavy (non-hydrogen) atoms. The lowest BCUT2D eigenvalue weighted by Crippen LogP contribution is -2.34. The molecule has 0 saturated heterocycles. The minimum absolute atomic E-state index is 0.0267. The second kappa shape index (κ2) is 6.86. The number of benzene rings is 2. The van der Waals surface area contributed by atoms with Crippen molar-refractivity contribution in [3.63, 3.8) is 0 Å². The fraction of sp³-hybridized carbons (Fsp3) is 0.0952. The highest BCUT2D eigenvalue weighted by atomic mass is 32.2. The van der Waals surface area contributed by atoms with Gasteiger partial charge in [-0.1, -0.05) is 72.8 Å². The first kappa shape index (κ1) is 16.7. The van der Waals surface area contributed by atoms with E-state index in [2.05, 4.69) is 21.9 Å². The molecule has 5 heteroatoms. The SMILES string of the molecule is O=S(=O)(N[C@@H]1c2ccccc2C=C[C@H]1c1ccccc1)c1ccccn1. The van der Waals surface area contributed by atoms with Crippen molar-refractivity contribution in [3.05, 3.63) is 102 Å². The van der Waals surface area contributed by atoms with Crippen LogP contribution in [-0.4, -0.2) is 13.4 Å². The van der Waals surface area contributed by atoms with Gasteiger partial charge >= 0.3 is 0 Å². The standard InChI is InChI=1S/C21H18N2O2S/c24-26(25,20-12-6-7-15-22-20)23-21-18-11-5-4-10-17(18)13-14-19(21)16-8-2-1-3-9-16/h1-15,19,21,23H/t19-,21+/m0/s1. The van der Waals surface area contributed by atoms with Crippen LogP contribution in [0.15, 0.2) is 90.1 Å². The summed E-state index contributed by atoms with van der Waals surface area (Å²) >= 11 is 0. The van der Waals surface area contributed by atoms with Crippen molar-refractivity contribution in [1.82, 2.24) is 9.71 Å². The highest BCUT2D eigenvalue weighted by Gasteiger charge is 2.31. The van der Waals surface area contributed by atoms with Crippen molar-refractivity contribution >= 4 is 16.1 Å². The van der Waals surface area contributed by atoms with E-state index >= 15 is 0 Å². The number of nitrogens with one attached hydrogen (secondary N) is 1. The predicted octanol–water partition coefficient (Wildman–Crippen LogP) is 3.91. The van der Waals surface area contributed by atoms with E-state index in [1.807, 2.05) is 54.6 Å². The topological polar surface area (TPSA) is 59.1 Å². The molecule has 3 aromatic rings. The molecule has 2 atom stereocenters. The molecule has 0 radical (unpaired) electrons. The van der Waals surface area contributed by atoms with E-state index in [-0.39, 0.29) is 10.9 Å². The van der Waals surface area contributed by atoms with E-state index in [4.69, 9.17) is 0 Å². The Morgan fingerprint density at radius 2 is 1.58 bits per heavy atom. The van der Waals surface area contributed by atoms with Crippen LogP contribution in [-0.2, 0) is 10.0 Å².